The van der Waals surface area contributed by atoms with Gasteiger partial charge in [-0.1, -0.05) is 12.1 Å². The van der Waals surface area contributed by atoms with E-state index in [1.165, 1.54) is 0 Å². The summed E-state index contributed by atoms with van der Waals surface area (Å²) in [5, 5.41) is 11.3. The number of nitrogens with two attached hydrogens (primary N) is 2. The van der Waals surface area contributed by atoms with E-state index in [-0.39, 0.29) is 12.3 Å². The van der Waals surface area contributed by atoms with E-state index >= 15 is 0 Å². The lowest BCUT2D eigenvalue weighted by Gasteiger charge is -2.06. The molecule has 0 fully saturated rings. The van der Waals surface area contributed by atoms with Crippen molar-refractivity contribution in [3.05, 3.63) is 52.7 Å². The second kappa shape index (κ2) is 9.91. The number of hydrogen-bond donors (Lipinski definition) is 5. The molecule has 9 nitrogen and oxygen atoms in total. The number of carboxylic acids is 1. The summed E-state index contributed by atoms with van der Waals surface area (Å²) in [6, 6.07) is 7.08. The Morgan fingerprint density at radius 3 is 2.50 bits per heavy atom. The van der Waals surface area contributed by atoms with Crippen LogP contribution in [0.25, 0.3) is 0 Å². The first-order valence-corrected chi connectivity index (χ1v) is 8.75. The number of aryl methyl sites for hydroxylation is 2. The minimum absolute atomic E-state index is 0.0178. The zero-order valence-electron chi connectivity index (χ0n) is 15.3. The minimum atomic E-state index is -0.887. The Kier molecular flexibility index (Phi) is 7.32. The molecule has 1 aromatic carbocycles. The summed E-state index contributed by atoms with van der Waals surface area (Å²) in [5.41, 5.74) is 13.2. The molecule has 0 aliphatic carbocycles. The van der Waals surface area contributed by atoms with Gasteiger partial charge in [0.15, 0.2) is 0 Å². The quantitative estimate of drug-likeness (QED) is 0.234. The van der Waals surface area contributed by atoms with Crippen molar-refractivity contribution in [2.24, 2.45) is 16.5 Å². The van der Waals surface area contributed by atoms with Crippen LogP contribution in [0.4, 0.5) is 5.82 Å². The van der Waals surface area contributed by atoms with Crippen LogP contribution in [0.15, 0.2) is 35.5 Å². The molecule has 7 N–H and O–H groups in total. The van der Waals surface area contributed by atoms with Gasteiger partial charge >= 0.3 is 5.97 Å². The van der Waals surface area contributed by atoms with Crippen LogP contribution in [-0.2, 0) is 17.6 Å². The van der Waals surface area contributed by atoms with Gasteiger partial charge in [-0.2, -0.15) is 0 Å². The van der Waals surface area contributed by atoms with Crippen molar-refractivity contribution in [3.63, 3.8) is 0 Å². The number of nitrogens with zero attached hydrogens (tertiary/aromatic N) is 1. The number of aliphatic carboxylic acids is 1. The van der Waals surface area contributed by atoms with Crippen molar-refractivity contribution in [2.45, 2.75) is 25.7 Å². The summed E-state index contributed by atoms with van der Waals surface area (Å²) >= 11 is 0. The Morgan fingerprint density at radius 2 is 1.89 bits per heavy atom. The third-order valence-corrected chi connectivity index (χ3v) is 4.14. The van der Waals surface area contributed by atoms with Crippen LogP contribution in [0.3, 0.4) is 0 Å². The van der Waals surface area contributed by atoms with E-state index in [2.05, 4.69) is 15.3 Å². The number of aliphatic imine (C=N–C) groups is 1. The molecule has 148 valence electrons. The Bertz CT molecular complexity index is 871. The third kappa shape index (κ3) is 5.70. The van der Waals surface area contributed by atoms with Crippen molar-refractivity contribution >= 4 is 29.9 Å². The number of carbonyl (C=O) groups excluding carboxylic acids is 2. The fourth-order valence-corrected chi connectivity index (χ4v) is 2.75. The van der Waals surface area contributed by atoms with E-state index in [4.69, 9.17) is 16.6 Å². The average molecular weight is 385 g/mol. The molecule has 28 heavy (non-hydrogen) atoms. The van der Waals surface area contributed by atoms with Crippen molar-refractivity contribution in [1.29, 1.82) is 0 Å². The van der Waals surface area contributed by atoms with Gasteiger partial charge in [-0.25, -0.2) is 4.99 Å². The molecule has 2 aromatic rings. The number of carbonyl (C=O) groups is 3. The minimum Gasteiger partial charge on any atom is -0.481 e. The molecule has 0 bridgehead atoms. The number of nitrogens with one attached hydrogen (secondary N) is 2. The number of benzene rings is 1. The van der Waals surface area contributed by atoms with Gasteiger partial charge in [0, 0.05) is 24.7 Å². The number of hydrogen-bond acceptors (Lipinski definition) is 4. The SMILES string of the molecule is N/C=N/c1[nH]cc(CCc2ccc(C(=O)NCCCC(=O)O)cc2)c1C(N)=O. The summed E-state index contributed by atoms with van der Waals surface area (Å²) in [5.74, 6) is -1.38. The normalized spacial score (nSPS) is 10.9. The highest BCUT2D eigenvalue weighted by molar-refractivity contribution is 5.99. The van der Waals surface area contributed by atoms with Gasteiger partial charge in [-0.3, -0.25) is 14.4 Å². The zero-order chi connectivity index (χ0) is 20.5. The maximum atomic E-state index is 12.0. The highest BCUT2D eigenvalue weighted by Crippen LogP contribution is 2.22. The molecule has 0 saturated carbocycles. The van der Waals surface area contributed by atoms with E-state index in [9.17, 15) is 14.4 Å². The smallest absolute Gasteiger partial charge is 0.303 e. The van der Waals surface area contributed by atoms with Gasteiger partial charge in [0.05, 0.1) is 11.9 Å². The molecular weight excluding hydrogens is 362 g/mol. The Labute approximate surface area is 161 Å². The summed E-state index contributed by atoms with van der Waals surface area (Å²) in [6.45, 7) is 0.309. The summed E-state index contributed by atoms with van der Waals surface area (Å²) in [6.07, 6.45) is 4.38. The van der Waals surface area contributed by atoms with Gasteiger partial charge in [-0.15, -0.1) is 0 Å². The fourth-order valence-electron chi connectivity index (χ4n) is 2.75. The van der Waals surface area contributed by atoms with Gasteiger partial charge in [-0.05, 0) is 42.5 Å². The van der Waals surface area contributed by atoms with Gasteiger partial charge in [0.2, 0.25) is 0 Å². The number of aromatic nitrogens is 1. The highest BCUT2D eigenvalue weighted by atomic mass is 16.4. The molecule has 2 amide bonds. The third-order valence-electron chi connectivity index (χ3n) is 4.14. The van der Waals surface area contributed by atoms with Crippen molar-refractivity contribution in [3.8, 4) is 0 Å². The van der Waals surface area contributed by atoms with Gasteiger partial charge in [0.25, 0.3) is 11.8 Å². The lowest BCUT2D eigenvalue weighted by molar-refractivity contribution is -0.137. The molecule has 0 saturated heterocycles. The Hall–Kier alpha value is -3.62. The molecule has 9 heteroatoms. The first kappa shape index (κ1) is 20.7. The predicted molar refractivity (Wildman–Crippen MR) is 105 cm³/mol. The monoisotopic (exact) mass is 385 g/mol. The average Bonchev–Trinajstić information content (AvgIpc) is 3.07. The Balaban J connectivity index is 1.93. The predicted octanol–water partition coefficient (Wildman–Crippen LogP) is 1.11. The molecule has 0 radical (unpaired) electrons. The zero-order valence-corrected chi connectivity index (χ0v) is 15.3. The maximum Gasteiger partial charge on any atom is 0.303 e. The van der Waals surface area contributed by atoms with Gasteiger partial charge < -0.3 is 26.9 Å². The van der Waals surface area contributed by atoms with Crippen molar-refractivity contribution < 1.29 is 19.5 Å². The van der Waals surface area contributed by atoms with E-state index in [0.717, 1.165) is 17.5 Å². The van der Waals surface area contributed by atoms with Crippen LogP contribution >= 0.6 is 0 Å². The summed E-state index contributed by atoms with van der Waals surface area (Å²) < 4.78 is 0. The Morgan fingerprint density at radius 1 is 1.18 bits per heavy atom. The first-order valence-electron chi connectivity index (χ1n) is 8.75. The first-order chi connectivity index (χ1) is 13.4. The summed E-state index contributed by atoms with van der Waals surface area (Å²) in [7, 11) is 0. The largest absolute Gasteiger partial charge is 0.481 e. The standard InChI is InChI=1S/C19H23N5O4/c20-11-24-18-16(17(21)27)14(10-23-18)8-5-12-3-6-13(7-4-12)19(28)22-9-1-2-15(25)26/h3-4,6-7,10-11,23H,1-2,5,8-9H2,(H2,20,24)(H2,21,27)(H,22,28)(H,25,26). The number of aromatic amines is 1. The highest BCUT2D eigenvalue weighted by Gasteiger charge is 2.15. The van der Waals surface area contributed by atoms with E-state index < -0.39 is 11.9 Å². The van der Waals surface area contributed by atoms with Crippen molar-refractivity contribution in [1.82, 2.24) is 10.3 Å². The molecule has 1 aromatic heterocycles. The van der Waals surface area contributed by atoms with Crippen LogP contribution in [0, 0.1) is 0 Å². The van der Waals surface area contributed by atoms with Crippen molar-refractivity contribution in [2.75, 3.05) is 6.54 Å². The second-order valence-corrected chi connectivity index (χ2v) is 6.13. The molecular formula is C19H23N5O4. The molecule has 0 atom stereocenters. The number of amides is 2. The molecule has 2 rings (SSSR count). The molecule has 1 heterocycles. The van der Waals surface area contributed by atoms with Crippen LogP contribution in [0.2, 0.25) is 0 Å². The summed E-state index contributed by atoms with van der Waals surface area (Å²) in [4.78, 5) is 40.9. The number of rotatable bonds is 10. The topological polar surface area (TPSA) is 164 Å². The molecule has 0 spiro atoms. The lowest BCUT2D eigenvalue weighted by atomic mass is 10.0. The number of carboxylic acid groups (broad SMARTS) is 1. The number of H-pyrrole nitrogens is 1. The lowest BCUT2D eigenvalue weighted by Crippen LogP contribution is -2.24. The van der Waals surface area contributed by atoms with E-state index in [0.29, 0.717) is 42.8 Å². The van der Waals surface area contributed by atoms with Crippen LogP contribution < -0.4 is 16.8 Å². The molecule has 0 aliphatic rings. The second-order valence-electron chi connectivity index (χ2n) is 6.13. The van der Waals surface area contributed by atoms with E-state index in [1.807, 2.05) is 12.1 Å². The van der Waals surface area contributed by atoms with Crippen LogP contribution in [-0.4, -0.2) is 40.8 Å². The van der Waals surface area contributed by atoms with E-state index in [1.54, 1.807) is 18.3 Å². The molecule has 0 unspecified atom stereocenters. The number of primary amides is 1. The van der Waals surface area contributed by atoms with Gasteiger partial charge in [0.1, 0.15) is 5.82 Å². The fraction of sp³-hybridized carbons (Fsp3) is 0.263. The van der Waals surface area contributed by atoms with Crippen LogP contribution in [0.1, 0.15) is 44.7 Å². The molecule has 0 aliphatic heterocycles. The maximum absolute atomic E-state index is 12.0. The van der Waals surface area contributed by atoms with Crippen LogP contribution in [0.5, 0.6) is 0 Å².